The Morgan fingerprint density at radius 2 is 2.38 bits per heavy atom. The van der Waals surface area contributed by atoms with Crippen molar-refractivity contribution in [3.05, 3.63) is 0 Å². The van der Waals surface area contributed by atoms with E-state index in [4.69, 9.17) is 9.84 Å². The third-order valence-corrected chi connectivity index (χ3v) is 2.84. The lowest BCUT2D eigenvalue weighted by molar-refractivity contribution is -0.135. The van der Waals surface area contributed by atoms with Gasteiger partial charge in [0.05, 0.1) is 6.10 Å². The third-order valence-electron chi connectivity index (χ3n) is 2.84. The Hall–Kier alpha value is -0.610. The van der Waals surface area contributed by atoms with Crippen LogP contribution in [-0.2, 0) is 9.53 Å². The highest BCUT2D eigenvalue weighted by atomic mass is 16.5. The van der Waals surface area contributed by atoms with E-state index in [1.807, 2.05) is 4.90 Å². The van der Waals surface area contributed by atoms with E-state index in [0.717, 1.165) is 39.0 Å². The summed E-state index contributed by atoms with van der Waals surface area (Å²) in [5.74, 6) is 0.152. The highest BCUT2D eigenvalue weighted by Gasteiger charge is 2.23. The second kappa shape index (κ2) is 7.63. The van der Waals surface area contributed by atoms with Crippen LogP contribution in [0.2, 0.25) is 0 Å². The van der Waals surface area contributed by atoms with Gasteiger partial charge in [0.15, 0.2) is 0 Å². The van der Waals surface area contributed by atoms with Crippen molar-refractivity contribution in [2.75, 3.05) is 26.3 Å². The van der Waals surface area contributed by atoms with E-state index in [9.17, 15) is 4.79 Å². The molecule has 0 aromatic heterocycles. The normalized spacial score (nSPS) is 21.1. The van der Waals surface area contributed by atoms with Crippen molar-refractivity contribution >= 4 is 5.91 Å². The summed E-state index contributed by atoms with van der Waals surface area (Å²) >= 11 is 0. The van der Waals surface area contributed by atoms with Crippen molar-refractivity contribution in [2.45, 2.75) is 45.1 Å². The summed E-state index contributed by atoms with van der Waals surface area (Å²) in [6.07, 6.45) is 4.34. The van der Waals surface area contributed by atoms with Gasteiger partial charge in [0.25, 0.3) is 0 Å². The molecule has 1 N–H and O–H groups in total. The SMILES string of the molecule is CCCOC1CCCN(C(=O)CCCO)C1. The van der Waals surface area contributed by atoms with Gasteiger partial charge in [0, 0.05) is 32.7 Å². The van der Waals surface area contributed by atoms with Crippen molar-refractivity contribution in [3.8, 4) is 0 Å². The maximum absolute atomic E-state index is 11.7. The summed E-state index contributed by atoms with van der Waals surface area (Å²) in [5, 5.41) is 8.69. The lowest BCUT2D eigenvalue weighted by Gasteiger charge is -2.32. The lowest BCUT2D eigenvalue weighted by atomic mass is 10.1. The molecule has 0 spiro atoms. The molecule has 0 radical (unpaired) electrons. The van der Waals surface area contributed by atoms with Crippen LogP contribution in [0.4, 0.5) is 0 Å². The van der Waals surface area contributed by atoms with Gasteiger partial charge >= 0.3 is 0 Å². The van der Waals surface area contributed by atoms with Crippen LogP contribution in [0.15, 0.2) is 0 Å². The van der Waals surface area contributed by atoms with Gasteiger partial charge in [0.2, 0.25) is 5.91 Å². The molecule has 94 valence electrons. The predicted molar refractivity (Wildman–Crippen MR) is 62.2 cm³/mol. The number of piperidine rings is 1. The summed E-state index contributed by atoms with van der Waals surface area (Å²) in [6.45, 7) is 4.53. The average molecular weight is 229 g/mol. The van der Waals surface area contributed by atoms with Gasteiger partial charge in [-0.2, -0.15) is 0 Å². The first-order chi connectivity index (χ1) is 7.77. The van der Waals surface area contributed by atoms with E-state index in [-0.39, 0.29) is 18.6 Å². The standard InChI is InChI=1S/C12H23NO3/c1-2-9-16-11-5-3-7-13(10-11)12(15)6-4-8-14/h11,14H,2-10H2,1H3. The van der Waals surface area contributed by atoms with E-state index in [1.165, 1.54) is 0 Å². The molecule has 1 unspecified atom stereocenters. The molecule has 1 amide bonds. The molecule has 1 heterocycles. The highest BCUT2D eigenvalue weighted by Crippen LogP contribution is 2.14. The van der Waals surface area contributed by atoms with Crippen LogP contribution in [0.3, 0.4) is 0 Å². The van der Waals surface area contributed by atoms with Gasteiger partial charge in [-0.25, -0.2) is 0 Å². The maximum Gasteiger partial charge on any atom is 0.222 e. The van der Waals surface area contributed by atoms with Crippen molar-refractivity contribution in [2.24, 2.45) is 0 Å². The Morgan fingerprint density at radius 3 is 3.06 bits per heavy atom. The van der Waals surface area contributed by atoms with E-state index >= 15 is 0 Å². The van der Waals surface area contributed by atoms with Crippen molar-refractivity contribution < 1.29 is 14.6 Å². The number of hydrogen-bond acceptors (Lipinski definition) is 3. The predicted octanol–water partition coefficient (Wildman–Crippen LogP) is 1.18. The Labute approximate surface area is 97.6 Å². The van der Waals surface area contributed by atoms with Crippen LogP contribution in [-0.4, -0.2) is 48.3 Å². The number of likely N-dealkylation sites (tertiary alicyclic amines) is 1. The summed E-state index contributed by atoms with van der Waals surface area (Å²) < 4.78 is 5.67. The van der Waals surface area contributed by atoms with Crippen LogP contribution in [0.25, 0.3) is 0 Å². The smallest absolute Gasteiger partial charge is 0.222 e. The Bertz CT molecular complexity index is 208. The number of hydrogen-bond donors (Lipinski definition) is 1. The maximum atomic E-state index is 11.7. The molecular weight excluding hydrogens is 206 g/mol. The monoisotopic (exact) mass is 229 g/mol. The van der Waals surface area contributed by atoms with Gasteiger partial charge in [-0.05, 0) is 25.7 Å². The second-order valence-electron chi connectivity index (χ2n) is 4.30. The second-order valence-corrected chi connectivity index (χ2v) is 4.30. The third kappa shape index (κ3) is 4.49. The summed E-state index contributed by atoms with van der Waals surface area (Å²) in [4.78, 5) is 13.6. The first kappa shape index (κ1) is 13.5. The Morgan fingerprint density at radius 1 is 1.56 bits per heavy atom. The molecule has 0 saturated carbocycles. The molecule has 1 atom stereocenters. The minimum Gasteiger partial charge on any atom is -0.396 e. The van der Waals surface area contributed by atoms with Crippen molar-refractivity contribution in [1.82, 2.24) is 4.90 Å². The fourth-order valence-corrected chi connectivity index (χ4v) is 1.97. The number of ether oxygens (including phenoxy) is 1. The molecule has 1 saturated heterocycles. The Kier molecular flexibility index (Phi) is 6.42. The fraction of sp³-hybridized carbons (Fsp3) is 0.917. The van der Waals surface area contributed by atoms with Gasteiger partial charge in [-0.1, -0.05) is 6.92 Å². The first-order valence-electron chi connectivity index (χ1n) is 6.28. The highest BCUT2D eigenvalue weighted by molar-refractivity contribution is 5.76. The fourth-order valence-electron chi connectivity index (χ4n) is 1.97. The minimum atomic E-state index is 0.0926. The van der Waals surface area contributed by atoms with Crippen LogP contribution >= 0.6 is 0 Å². The molecule has 0 bridgehead atoms. The Balaban J connectivity index is 2.28. The largest absolute Gasteiger partial charge is 0.396 e. The zero-order chi connectivity index (χ0) is 11.8. The summed E-state index contributed by atoms with van der Waals surface area (Å²) in [5.41, 5.74) is 0. The quantitative estimate of drug-likeness (QED) is 0.744. The van der Waals surface area contributed by atoms with Crippen molar-refractivity contribution in [1.29, 1.82) is 0 Å². The first-order valence-corrected chi connectivity index (χ1v) is 6.28. The minimum absolute atomic E-state index is 0.0926. The molecular formula is C12H23NO3. The van der Waals surface area contributed by atoms with Gasteiger partial charge in [0.1, 0.15) is 0 Å². The number of aliphatic hydroxyl groups is 1. The van der Waals surface area contributed by atoms with Gasteiger partial charge in [-0.15, -0.1) is 0 Å². The topological polar surface area (TPSA) is 49.8 Å². The number of carbonyl (C=O) groups excluding carboxylic acids is 1. The molecule has 1 fully saturated rings. The summed E-state index contributed by atoms with van der Waals surface area (Å²) in [7, 11) is 0. The van der Waals surface area contributed by atoms with Crippen LogP contribution in [0, 0.1) is 0 Å². The van der Waals surface area contributed by atoms with Gasteiger partial charge in [-0.3, -0.25) is 4.79 Å². The summed E-state index contributed by atoms with van der Waals surface area (Å²) in [6, 6.07) is 0. The van der Waals surface area contributed by atoms with Crippen LogP contribution < -0.4 is 0 Å². The average Bonchev–Trinajstić information content (AvgIpc) is 2.33. The van der Waals surface area contributed by atoms with Gasteiger partial charge < -0.3 is 14.7 Å². The lowest BCUT2D eigenvalue weighted by Crippen LogP contribution is -2.43. The number of rotatable bonds is 6. The molecule has 0 aromatic rings. The molecule has 16 heavy (non-hydrogen) atoms. The van der Waals surface area contributed by atoms with E-state index in [1.54, 1.807) is 0 Å². The zero-order valence-electron chi connectivity index (χ0n) is 10.2. The zero-order valence-corrected chi connectivity index (χ0v) is 10.2. The molecule has 1 rings (SSSR count). The van der Waals surface area contributed by atoms with E-state index < -0.39 is 0 Å². The number of aliphatic hydroxyl groups excluding tert-OH is 1. The van der Waals surface area contributed by atoms with E-state index in [0.29, 0.717) is 12.8 Å². The molecule has 4 nitrogen and oxygen atoms in total. The molecule has 1 aliphatic rings. The van der Waals surface area contributed by atoms with Crippen molar-refractivity contribution in [3.63, 3.8) is 0 Å². The molecule has 4 heteroatoms. The molecule has 0 aromatic carbocycles. The van der Waals surface area contributed by atoms with Crippen LogP contribution in [0.1, 0.15) is 39.0 Å². The number of nitrogens with zero attached hydrogens (tertiary/aromatic N) is 1. The molecule has 0 aliphatic carbocycles. The number of amides is 1. The number of carbonyl (C=O) groups is 1. The van der Waals surface area contributed by atoms with Crippen LogP contribution in [0.5, 0.6) is 0 Å². The molecule has 1 aliphatic heterocycles. The van der Waals surface area contributed by atoms with E-state index in [2.05, 4.69) is 6.92 Å².